The van der Waals surface area contributed by atoms with Gasteiger partial charge in [0.05, 0.1) is 6.54 Å². The topological polar surface area (TPSA) is 88.1 Å². The third-order valence-electron chi connectivity index (χ3n) is 5.47. The fourth-order valence-corrected chi connectivity index (χ4v) is 3.57. The monoisotopic (exact) mass is 470 g/mol. The number of urea groups is 1. The second kappa shape index (κ2) is 15.7. The summed E-state index contributed by atoms with van der Waals surface area (Å²) in [7, 11) is 0. The zero-order valence-electron chi connectivity index (χ0n) is 20.4. The lowest BCUT2D eigenvalue weighted by molar-refractivity contribution is -0.149. The zero-order valence-corrected chi connectivity index (χ0v) is 20.4. The average Bonchev–Trinajstić information content (AvgIpc) is 2.84. The molecule has 0 aliphatic rings. The molecule has 186 valence electrons. The molecule has 2 rings (SSSR count). The quantitative estimate of drug-likeness (QED) is 0.352. The number of aliphatic carboxylic acids is 1. The maximum absolute atomic E-state index is 12.7. The van der Waals surface area contributed by atoms with E-state index in [1.165, 1.54) is 5.56 Å². The van der Waals surface area contributed by atoms with E-state index in [4.69, 9.17) is 9.47 Å². The smallest absolute Gasteiger partial charge is 0.333 e. The van der Waals surface area contributed by atoms with Crippen LogP contribution >= 0.6 is 0 Å². The summed E-state index contributed by atoms with van der Waals surface area (Å²) in [5.41, 5.74) is 2.07. The Bertz CT molecular complexity index is 842. The number of carbonyl (C=O) groups is 2. The van der Waals surface area contributed by atoms with E-state index in [0.29, 0.717) is 45.0 Å². The van der Waals surface area contributed by atoms with Crippen molar-refractivity contribution < 1.29 is 24.2 Å². The number of nitrogens with one attached hydrogen (secondary N) is 1. The lowest BCUT2D eigenvalue weighted by Crippen LogP contribution is -2.43. The standard InChI is InChI=1S/C27H38N2O5/c1-3-5-9-18-29(27(32)28-17-16-22-10-7-6-8-11-22)19-20-34-24-14-12-23(13-15-24)21-25(26(30)31)33-4-2/h6-8,10-15,25H,3-5,9,16-21H2,1-2H3,(H,28,32)(H,30,31). The molecule has 2 N–H and O–H groups in total. The molecule has 2 amide bonds. The molecular weight excluding hydrogens is 432 g/mol. The zero-order chi connectivity index (χ0) is 24.6. The summed E-state index contributed by atoms with van der Waals surface area (Å²) in [6.45, 7) is 6.44. The number of hydrogen-bond donors (Lipinski definition) is 2. The molecule has 7 nitrogen and oxygen atoms in total. The molecule has 1 atom stereocenters. The van der Waals surface area contributed by atoms with Crippen molar-refractivity contribution in [1.82, 2.24) is 10.2 Å². The number of rotatable bonds is 16. The van der Waals surface area contributed by atoms with Crippen molar-refractivity contribution in [1.29, 1.82) is 0 Å². The molecule has 0 fully saturated rings. The van der Waals surface area contributed by atoms with Gasteiger partial charge >= 0.3 is 12.0 Å². The molecular formula is C27H38N2O5. The van der Waals surface area contributed by atoms with E-state index in [1.807, 2.05) is 47.4 Å². The first-order valence-electron chi connectivity index (χ1n) is 12.2. The summed E-state index contributed by atoms with van der Waals surface area (Å²) in [6.07, 6.45) is 3.38. The minimum atomic E-state index is -0.965. The molecule has 2 aromatic rings. The van der Waals surface area contributed by atoms with Crippen molar-refractivity contribution >= 4 is 12.0 Å². The summed E-state index contributed by atoms with van der Waals surface area (Å²) >= 11 is 0. The van der Waals surface area contributed by atoms with Crippen LogP contribution in [-0.2, 0) is 22.4 Å². The average molecular weight is 471 g/mol. The van der Waals surface area contributed by atoms with Crippen molar-refractivity contribution in [2.45, 2.75) is 52.1 Å². The van der Waals surface area contributed by atoms with Crippen LogP contribution in [-0.4, -0.2) is 61.0 Å². The number of hydrogen-bond acceptors (Lipinski definition) is 4. The highest BCUT2D eigenvalue weighted by atomic mass is 16.5. The summed E-state index contributed by atoms with van der Waals surface area (Å²) in [5.74, 6) is -0.280. The van der Waals surface area contributed by atoms with Gasteiger partial charge in [0, 0.05) is 26.1 Å². The van der Waals surface area contributed by atoms with E-state index >= 15 is 0 Å². The third-order valence-corrected chi connectivity index (χ3v) is 5.47. The van der Waals surface area contributed by atoms with Gasteiger partial charge in [-0.25, -0.2) is 9.59 Å². The normalized spacial score (nSPS) is 11.6. The van der Waals surface area contributed by atoms with Crippen LogP contribution < -0.4 is 10.1 Å². The van der Waals surface area contributed by atoms with Crippen LogP contribution in [0.15, 0.2) is 54.6 Å². The molecule has 0 aliphatic carbocycles. The van der Waals surface area contributed by atoms with Crippen LogP contribution in [0.1, 0.15) is 44.2 Å². The highest BCUT2D eigenvalue weighted by Gasteiger charge is 2.18. The number of nitrogens with zero attached hydrogens (tertiary/aromatic N) is 1. The van der Waals surface area contributed by atoms with Crippen molar-refractivity contribution in [2.75, 3.05) is 32.8 Å². The predicted octanol–water partition coefficient (Wildman–Crippen LogP) is 4.54. The molecule has 1 unspecified atom stereocenters. The molecule has 0 aromatic heterocycles. The largest absolute Gasteiger partial charge is 0.492 e. The van der Waals surface area contributed by atoms with Gasteiger partial charge in [0.25, 0.3) is 0 Å². The summed E-state index contributed by atoms with van der Waals surface area (Å²) in [5, 5.41) is 12.3. The van der Waals surface area contributed by atoms with Crippen LogP contribution in [0.3, 0.4) is 0 Å². The Kier molecular flexibility index (Phi) is 12.6. The number of amides is 2. The minimum absolute atomic E-state index is 0.0679. The summed E-state index contributed by atoms with van der Waals surface area (Å²) < 4.78 is 11.1. The maximum atomic E-state index is 12.7. The van der Waals surface area contributed by atoms with Gasteiger partial charge in [-0.15, -0.1) is 0 Å². The lowest BCUT2D eigenvalue weighted by Gasteiger charge is -2.23. The second-order valence-electron chi connectivity index (χ2n) is 8.14. The van der Waals surface area contributed by atoms with Crippen LogP contribution in [0.5, 0.6) is 5.75 Å². The first kappa shape index (κ1) is 27.2. The van der Waals surface area contributed by atoms with Gasteiger partial charge in [-0.1, -0.05) is 62.2 Å². The fraction of sp³-hybridized carbons (Fsp3) is 0.481. The molecule has 0 aliphatic heterocycles. The van der Waals surface area contributed by atoms with Crippen LogP contribution in [0.2, 0.25) is 0 Å². The van der Waals surface area contributed by atoms with Gasteiger partial charge in [-0.05, 0) is 43.0 Å². The van der Waals surface area contributed by atoms with E-state index in [0.717, 1.165) is 31.2 Å². The minimum Gasteiger partial charge on any atom is -0.492 e. The number of benzene rings is 2. The van der Waals surface area contributed by atoms with Gasteiger partial charge in [0.15, 0.2) is 6.10 Å². The lowest BCUT2D eigenvalue weighted by atomic mass is 10.1. The first-order valence-corrected chi connectivity index (χ1v) is 12.2. The van der Waals surface area contributed by atoms with E-state index < -0.39 is 12.1 Å². The van der Waals surface area contributed by atoms with E-state index in [9.17, 15) is 14.7 Å². The van der Waals surface area contributed by atoms with Gasteiger partial charge in [-0.3, -0.25) is 0 Å². The number of carboxylic acid groups (broad SMARTS) is 1. The Morgan fingerprint density at radius 1 is 0.971 bits per heavy atom. The number of unbranched alkanes of at least 4 members (excludes halogenated alkanes) is 2. The van der Waals surface area contributed by atoms with Crippen molar-refractivity contribution in [3.05, 3.63) is 65.7 Å². The fourth-order valence-electron chi connectivity index (χ4n) is 3.57. The Hall–Kier alpha value is -3.06. The number of carboxylic acids is 1. The first-order chi connectivity index (χ1) is 16.5. The van der Waals surface area contributed by atoms with E-state index in [-0.39, 0.29) is 6.03 Å². The van der Waals surface area contributed by atoms with Crippen LogP contribution in [0.25, 0.3) is 0 Å². The Balaban J connectivity index is 1.81. The Morgan fingerprint density at radius 2 is 1.71 bits per heavy atom. The van der Waals surface area contributed by atoms with Crippen LogP contribution in [0.4, 0.5) is 4.79 Å². The molecule has 0 radical (unpaired) electrons. The summed E-state index contributed by atoms with van der Waals surface area (Å²) in [4.78, 5) is 25.8. The van der Waals surface area contributed by atoms with Crippen molar-refractivity contribution in [3.8, 4) is 5.75 Å². The van der Waals surface area contributed by atoms with Gasteiger partial charge in [-0.2, -0.15) is 0 Å². The molecule has 0 bridgehead atoms. The SMILES string of the molecule is CCCCCN(CCOc1ccc(CC(OCC)C(=O)O)cc1)C(=O)NCCc1ccccc1. The highest BCUT2D eigenvalue weighted by molar-refractivity contribution is 5.74. The summed E-state index contributed by atoms with van der Waals surface area (Å²) in [6, 6.07) is 17.4. The van der Waals surface area contributed by atoms with E-state index in [1.54, 1.807) is 6.92 Å². The molecule has 0 saturated heterocycles. The van der Waals surface area contributed by atoms with Gasteiger partial charge < -0.3 is 24.8 Å². The molecule has 2 aromatic carbocycles. The van der Waals surface area contributed by atoms with Gasteiger partial charge in [0.2, 0.25) is 0 Å². The number of carbonyl (C=O) groups excluding carboxylic acids is 1. The van der Waals surface area contributed by atoms with Crippen molar-refractivity contribution in [3.63, 3.8) is 0 Å². The Morgan fingerprint density at radius 3 is 2.35 bits per heavy atom. The predicted molar refractivity (Wildman–Crippen MR) is 133 cm³/mol. The highest BCUT2D eigenvalue weighted by Crippen LogP contribution is 2.15. The molecule has 0 spiro atoms. The van der Waals surface area contributed by atoms with Crippen molar-refractivity contribution in [2.24, 2.45) is 0 Å². The molecule has 0 saturated carbocycles. The second-order valence-corrected chi connectivity index (χ2v) is 8.14. The maximum Gasteiger partial charge on any atom is 0.333 e. The molecule has 7 heteroatoms. The number of ether oxygens (including phenoxy) is 2. The Labute approximate surface area is 203 Å². The molecule has 34 heavy (non-hydrogen) atoms. The van der Waals surface area contributed by atoms with Crippen LogP contribution in [0, 0.1) is 0 Å². The third kappa shape index (κ3) is 10.3. The van der Waals surface area contributed by atoms with E-state index in [2.05, 4.69) is 24.4 Å². The molecule has 0 heterocycles. The van der Waals surface area contributed by atoms with Gasteiger partial charge in [0.1, 0.15) is 12.4 Å².